The predicted octanol–water partition coefficient (Wildman–Crippen LogP) is 4.14. The summed E-state index contributed by atoms with van der Waals surface area (Å²) in [4.78, 5) is 24.8. The van der Waals surface area contributed by atoms with Crippen molar-refractivity contribution >= 4 is 23.2 Å². The molecule has 33 heavy (non-hydrogen) atoms. The molecule has 6 rings (SSSR count). The highest BCUT2D eigenvalue weighted by Crippen LogP contribution is 2.34. The fraction of sp³-hybridized carbons (Fsp3) is 0.308. The van der Waals surface area contributed by atoms with Gasteiger partial charge in [0, 0.05) is 29.9 Å². The molecule has 1 N–H and O–H groups in total. The molecule has 2 aromatic heterocycles. The van der Waals surface area contributed by atoms with Gasteiger partial charge in [-0.1, -0.05) is 48.5 Å². The monoisotopic (exact) mass is 438 g/mol. The van der Waals surface area contributed by atoms with Crippen LogP contribution in [0.1, 0.15) is 30.5 Å². The number of aromatic nitrogens is 4. The molecule has 7 heteroatoms. The number of nitrogens with zero attached hydrogens (tertiary/aromatic N) is 5. The standard InChI is InChI=1S/C26H26N6O/c33-24(29-22-13-5-4-11-20(22)18-8-2-1-3-9-18)19-10-7-15-31(16-19)25-21-12-6-14-23(21)30-26-27-17-28-32(25)26/h1-5,8-9,11,13,17,19H,6-7,10,12,14-16H2,(H,29,33)/t19-/m0/s1. The van der Waals surface area contributed by atoms with Gasteiger partial charge >= 0.3 is 0 Å². The Kier molecular flexibility index (Phi) is 5.02. The van der Waals surface area contributed by atoms with Crippen molar-refractivity contribution in [3.63, 3.8) is 0 Å². The Labute approximate surface area is 192 Å². The van der Waals surface area contributed by atoms with E-state index in [0.717, 1.165) is 67.0 Å². The molecule has 1 fully saturated rings. The van der Waals surface area contributed by atoms with E-state index in [2.05, 4.69) is 38.5 Å². The number of fused-ring (bicyclic) bond motifs is 2. The Bertz CT molecular complexity index is 1320. The number of amides is 1. The van der Waals surface area contributed by atoms with Crippen LogP contribution in [0.25, 0.3) is 16.9 Å². The minimum Gasteiger partial charge on any atom is -0.355 e. The maximum atomic E-state index is 13.4. The number of benzene rings is 2. The van der Waals surface area contributed by atoms with E-state index in [4.69, 9.17) is 4.98 Å². The third kappa shape index (κ3) is 3.63. The van der Waals surface area contributed by atoms with Crippen molar-refractivity contribution in [1.29, 1.82) is 0 Å². The lowest BCUT2D eigenvalue weighted by molar-refractivity contribution is -0.120. The van der Waals surface area contributed by atoms with Crippen LogP contribution in [-0.2, 0) is 17.6 Å². The Morgan fingerprint density at radius 2 is 1.85 bits per heavy atom. The predicted molar refractivity (Wildman–Crippen MR) is 128 cm³/mol. The zero-order valence-electron chi connectivity index (χ0n) is 18.4. The minimum atomic E-state index is -0.0913. The number of rotatable bonds is 4. The van der Waals surface area contributed by atoms with Crippen LogP contribution < -0.4 is 10.2 Å². The number of aryl methyl sites for hydroxylation is 1. The van der Waals surface area contributed by atoms with E-state index in [1.54, 1.807) is 6.33 Å². The van der Waals surface area contributed by atoms with Gasteiger partial charge in [-0.25, -0.2) is 4.98 Å². The third-order valence-electron chi connectivity index (χ3n) is 6.79. The van der Waals surface area contributed by atoms with Gasteiger partial charge in [-0.2, -0.15) is 14.6 Å². The number of para-hydroxylation sites is 1. The lowest BCUT2D eigenvalue weighted by Gasteiger charge is -2.34. The number of anilines is 2. The van der Waals surface area contributed by atoms with Gasteiger partial charge in [-0.05, 0) is 43.7 Å². The number of hydrogen-bond acceptors (Lipinski definition) is 5. The van der Waals surface area contributed by atoms with Gasteiger partial charge in [-0.15, -0.1) is 0 Å². The number of carbonyl (C=O) groups excluding carboxylic acids is 1. The van der Waals surface area contributed by atoms with Gasteiger partial charge in [0.25, 0.3) is 5.78 Å². The first-order valence-corrected chi connectivity index (χ1v) is 11.7. The van der Waals surface area contributed by atoms with Crippen LogP contribution in [0.15, 0.2) is 60.9 Å². The highest BCUT2D eigenvalue weighted by molar-refractivity contribution is 5.97. The van der Waals surface area contributed by atoms with Crippen molar-refractivity contribution in [2.24, 2.45) is 5.92 Å². The summed E-state index contributed by atoms with van der Waals surface area (Å²) < 4.78 is 1.86. The Morgan fingerprint density at radius 1 is 1.00 bits per heavy atom. The molecule has 0 bridgehead atoms. The van der Waals surface area contributed by atoms with Crippen molar-refractivity contribution in [2.75, 3.05) is 23.3 Å². The topological polar surface area (TPSA) is 75.4 Å². The van der Waals surface area contributed by atoms with Crippen LogP contribution in [0.4, 0.5) is 11.5 Å². The second-order valence-corrected chi connectivity index (χ2v) is 8.87. The third-order valence-corrected chi connectivity index (χ3v) is 6.79. The Hall–Kier alpha value is -3.74. The molecule has 1 saturated heterocycles. The second-order valence-electron chi connectivity index (χ2n) is 8.87. The average molecular weight is 439 g/mol. The minimum absolute atomic E-state index is 0.0728. The molecule has 1 atom stereocenters. The van der Waals surface area contributed by atoms with Crippen molar-refractivity contribution in [3.8, 4) is 11.1 Å². The molecule has 0 saturated carbocycles. The maximum Gasteiger partial charge on any atom is 0.254 e. The second kappa shape index (κ2) is 8.31. The van der Waals surface area contributed by atoms with Gasteiger partial charge < -0.3 is 10.2 Å². The van der Waals surface area contributed by atoms with E-state index in [9.17, 15) is 4.79 Å². The Morgan fingerprint density at radius 3 is 2.76 bits per heavy atom. The van der Waals surface area contributed by atoms with E-state index in [-0.39, 0.29) is 11.8 Å². The van der Waals surface area contributed by atoms with E-state index >= 15 is 0 Å². The summed E-state index contributed by atoms with van der Waals surface area (Å²) in [5.41, 5.74) is 5.39. The molecule has 0 spiro atoms. The average Bonchev–Trinajstić information content (AvgIpc) is 3.52. The molecule has 2 aromatic carbocycles. The number of hydrogen-bond donors (Lipinski definition) is 1. The van der Waals surface area contributed by atoms with Gasteiger partial charge in [-0.3, -0.25) is 4.79 Å². The van der Waals surface area contributed by atoms with Crippen LogP contribution >= 0.6 is 0 Å². The van der Waals surface area contributed by atoms with Crippen molar-refractivity contribution in [2.45, 2.75) is 32.1 Å². The van der Waals surface area contributed by atoms with Gasteiger partial charge in [0.1, 0.15) is 12.1 Å². The quantitative estimate of drug-likeness (QED) is 0.518. The first-order valence-electron chi connectivity index (χ1n) is 11.7. The molecule has 2 aliphatic rings. The summed E-state index contributed by atoms with van der Waals surface area (Å²) in [6.07, 6.45) is 6.51. The molecule has 4 aromatic rings. The van der Waals surface area contributed by atoms with Gasteiger partial charge in [0.2, 0.25) is 5.91 Å². The molecular weight excluding hydrogens is 412 g/mol. The van der Waals surface area contributed by atoms with Crippen LogP contribution in [0.2, 0.25) is 0 Å². The first-order chi connectivity index (χ1) is 16.3. The summed E-state index contributed by atoms with van der Waals surface area (Å²) in [6, 6.07) is 18.2. The van der Waals surface area contributed by atoms with Crippen LogP contribution in [0.3, 0.4) is 0 Å². The smallest absolute Gasteiger partial charge is 0.254 e. The Balaban J connectivity index is 1.27. The highest BCUT2D eigenvalue weighted by Gasteiger charge is 2.31. The molecular formula is C26H26N6O. The molecule has 1 aliphatic heterocycles. The number of carbonyl (C=O) groups is 1. The molecule has 0 radical (unpaired) electrons. The summed E-state index contributed by atoms with van der Waals surface area (Å²) >= 11 is 0. The van der Waals surface area contributed by atoms with Crippen molar-refractivity contribution in [1.82, 2.24) is 19.6 Å². The van der Waals surface area contributed by atoms with Crippen LogP contribution in [0.5, 0.6) is 0 Å². The first kappa shape index (κ1) is 19.9. The molecule has 1 amide bonds. The maximum absolute atomic E-state index is 13.4. The number of piperidine rings is 1. The highest BCUT2D eigenvalue weighted by atomic mass is 16.1. The lowest BCUT2D eigenvalue weighted by atomic mass is 9.96. The molecule has 3 heterocycles. The number of nitrogens with one attached hydrogen (secondary N) is 1. The van der Waals surface area contributed by atoms with Gasteiger partial charge in [0.05, 0.1) is 11.6 Å². The summed E-state index contributed by atoms with van der Waals surface area (Å²) in [7, 11) is 0. The SMILES string of the molecule is O=C(Nc1ccccc1-c1ccccc1)[C@H]1CCCN(c2c3c(nc4ncnn24)CCC3)C1. The van der Waals surface area contributed by atoms with Crippen molar-refractivity contribution in [3.05, 3.63) is 72.2 Å². The van der Waals surface area contributed by atoms with Gasteiger partial charge in [0.15, 0.2) is 0 Å². The van der Waals surface area contributed by atoms with Crippen molar-refractivity contribution < 1.29 is 4.79 Å². The lowest BCUT2D eigenvalue weighted by Crippen LogP contribution is -2.42. The summed E-state index contributed by atoms with van der Waals surface area (Å²) in [5.74, 6) is 1.70. The zero-order chi connectivity index (χ0) is 22.2. The summed E-state index contributed by atoms with van der Waals surface area (Å²) in [5, 5.41) is 7.68. The largest absolute Gasteiger partial charge is 0.355 e. The molecule has 7 nitrogen and oxygen atoms in total. The molecule has 166 valence electrons. The van der Waals surface area contributed by atoms with E-state index < -0.39 is 0 Å². The van der Waals surface area contributed by atoms with Crippen LogP contribution in [0, 0.1) is 5.92 Å². The van der Waals surface area contributed by atoms with E-state index in [1.165, 1.54) is 5.56 Å². The van der Waals surface area contributed by atoms with E-state index in [0.29, 0.717) is 12.3 Å². The molecule has 1 aliphatic carbocycles. The van der Waals surface area contributed by atoms with E-state index in [1.807, 2.05) is 40.9 Å². The fourth-order valence-electron chi connectivity index (χ4n) is 5.21. The summed E-state index contributed by atoms with van der Waals surface area (Å²) in [6.45, 7) is 1.58. The fourth-order valence-corrected chi connectivity index (χ4v) is 5.21. The zero-order valence-corrected chi connectivity index (χ0v) is 18.4. The van der Waals surface area contributed by atoms with Crippen LogP contribution in [-0.4, -0.2) is 38.6 Å². The molecule has 0 unspecified atom stereocenters. The normalized spacial score (nSPS) is 17.8.